The smallest absolute Gasteiger partial charge is 0.419 e. The van der Waals surface area contributed by atoms with Crippen LogP contribution in [-0.4, -0.2) is 15.5 Å². The molecule has 0 atom stereocenters. The van der Waals surface area contributed by atoms with Crippen LogP contribution in [-0.2, 0) is 17.9 Å². The highest BCUT2D eigenvalue weighted by atomic mass is 35.5. The number of aryl methyl sites for hydroxylation is 1. The Labute approximate surface area is 162 Å². The first kappa shape index (κ1) is 17.6. The van der Waals surface area contributed by atoms with Crippen molar-refractivity contribution in [1.82, 2.24) is 14.9 Å². The Morgan fingerprint density at radius 3 is 3.04 bits per heavy atom. The second-order valence-corrected chi connectivity index (χ2v) is 7.16. The molecule has 1 aromatic carbocycles. The number of aromatic nitrogens is 2. The number of amides is 1. The summed E-state index contributed by atoms with van der Waals surface area (Å²) in [6.07, 6.45) is 1.65. The molecule has 0 radical (unpaired) electrons. The zero-order valence-corrected chi connectivity index (χ0v) is 15.5. The van der Waals surface area contributed by atoms with Gasteiger partial charge in [0.05, 0.1) is 22.6 Å². The number of carbonyl (C=O) groups excluding carboxylic acids is 1. The van der Waals surface area contributed by atoms with E-state index in [1.807, 2.05) is 17.5 Å². The van der Waals surface area contributed by atoms with E-state index in [4.69, 9.17) is 20.4 Å². The molecule has 0 aliphatic heterocycles. The van der Waals surface area contributed by atoms with Gasteiger partial charge in [-0.1, -0.05) is 17.7 Å². The molecular weight excluding hydrogens is 390 g/mol. The number of carbonyl (C=O) groups is 1. The molecule has 1 amide bonds. The molecule has 3 heterocycles. The van der Waals surface area contributed by atoms with Crippen LogP contribution in [0.1, 0.15) is 12.1 Å². The molecule has 0 aliphatic carbocycles. The van der Waals surface area contributed by atoms with Crippen LogP contribution in [0.2, 0.25) is 5.02 Å². The summed E-state index contributed by atoms with van der Waals surface area (Å²) in [5.41, 5.74) is 1.64. The first-order valence-corrected chi connectivity index (χ1v) is 9.40. The molecule has 7 nitrogen and oxygen atoms in total. The van der Waals surface area contributed by atoms with Crippen molar-refractivity contribution in [2.75, 3.05) is 0 Å². The normalized spacial score (nSPS) is 11.1. The van der Waals surface area contributed by atoms with Crippen LogP contribution in [0, 0.1) is 0 Å². The first-order valence-electron chi connectivity index (χ1n) is 8.14. The Kier molecular flexibility index (Phi) is 4.83. The van der Waals surface area contributed by atoms with E-state index in [0.29, 0.717) is 27.7 Å². The molecule has 4 aromatic rings. The van der Waals surface area contributed by atoms with Crippen LogP contribution in [0.4, 0.5) is 0 Å². The molecule has 0 spiro atoms. The molecule has 27 heavy (non-hydrogen) atoms. The molecule has 1 N–H and O–H groups in total. The molecule has 0 unspecified atom stereocenters. The van der Waals surface area contributed by atoms with Crippen molar-refractivity contribution >= 4 is 39.9 Å². The van der Waals surface area contributed by atoms with Gasteiger partial charge in [-0.25, -0.2) is 9.78 Å². The minimum absolute atomic E-state index is 0.132. The van der Waals surface area contributed by atoms with Crippen molar-refractivity contribution in [2.24, 2.45) is 0 Å². The van der Waals surface area contributed by atoms with Gasteiger partial charge in [0.1, 0.15) is 6.26 Å². The van der Waals surface area contributed by atoms with E-state index >= 15 is 0 Å². The van der Waals surface area contributed by atoms with Gasteiger partial charge in [0.2, 0.25) is 11.8 Å². The number of nitrogens with one attached hydrogen (secondary N) is 1. The van der Waals surface area contributed by atoms with Gasteiger partial charge in [-0.2, -0.15) is 0 Å². The minimum atomic E-state index is -0.517. The topological polar surface area (TPSA) is 90.3 Å². The van der Waals surface area contributed by atoms with E-state index in [2.05, 4.69) is 10.3 Å². The van der Waals surface area contributed by atoms with Gasteiger partial charge in [0.25, 0.3) is 0 Å². The zero-order valence-electron chi connectivity index (χ0n) is 14.0. The molecule has 0 saturated heterocycles. The monoisotopic (exact) mass is 403 g/mol. The van der Waals surface area contributed by atoms with Gasteiger partial charge in [-0.3, -0.25) is 9.36 Å². The van der Waals surface area contributed by atoms with Gasteiger partial charge >= 0.3 is 5.76 Å². The second kappa shape index (κ2) is 7.42. The maximum Gasteiger partial charge on any atom is 0.419 e. The Morgan fingerprint density at radius 2 is 2.22 bits per heavy atom. The van der Waals surface area contributed by atoms with Crippen LogP contribution >= 0.6 is 22.9 Å². The summed E-state index contributed by atoms with van der Waals surface area (Å²) in [5.74, 6) is -0.188. The van der Waals surface area contributed by atoms with Gasteiger partial charge in [-0.15, -0.1) is 11.3 Å². The highest BCUT2D eigenvalue weighted by Crippen LogP contribution is 2.23. The fourth-order valence-electron chi connectivity index (χ4n) is 2.64. The van der Waals surface area contributed by atoms with Crippen LogP contribution in [0.3, 0.4) is 0 Å². The quantitative estimate of drug-likeness (QED) is 0.530. The minimum Gasteiger partial charge on any atom is -0.443 e. The standard InChI is InChI=1S/C18H14ClN3O4S/c19-11-3-4-13-14(8-11)26-18(24)22(13)6-5-16(23)20-9-12-10-25-17(21-12)15-2-1-7-27-15/h1-4,7-8,10H,5-6,9H2,(H,20,23). The Morgan fingerprint density at radius 1 is 1.33 bits per heavy atom. The van der Waals surface area contributed by atoms with Crippen molar-refractivity contribution in [1.29, 1.82) is 0 Å². The largest absolute Gasteiger partial charge is 0.443 e. The Hall–Kier alpha value is -2.84. The van der Waals surface area contributed by atoms with Gasteiger partial charge in [0, 0.05) is 24.1 Å². The average molecular weight is 404 g/mol. The van der Waals surface area contributed by atoms with Crippen molar-refractivity contribution in [3.63, 3.8) is 0 Å². The lowest BCUT2D eigenvalue weighted by atomic mass is 10.3. The second-order valence-electron chi connectivity index (χ2n) is 5.78. The third kappa shape index (κ3) is 3.81. The highest BCUT2D eigenvalue weighted by Gasteiger charge is 2.12. The number of oxazole rings is 2. The van der Waals surface area contributed by atoms with Crippen LogP contribution < -0.4 is 11.1 Å². The van der Waals surface area contributed by atoms with Gasteiger partial charge in [-0.05, 0) is 23.6 Å². The number of hydrogen-bond acceptors (Lipinski definition) is 6. The summed E-state index contributed by atoms with van der Waals surface area (Å²) in [6.45, 7) is 0.461. The van der Waals surface area contributed by atoms with E-state index in [1.165, 1.54) is 22.2 Å². The highest BCUT2D eigenvalue weighted by molar-refractivity contribution is 7.13. The van der Waals surface area contributed by atoms with Crippen LogP contribution in [0.15, 0.2) is 55.6 Å². The maximum atomic E-state index is 12.1. The summed E-state index contributed by atoms with van der Waals surface area (Å²) in [5, 5.41) is 5.19. The molecule has 0 saturated carbocycles. The van der Waals surface area contributed by atoms with Gasteiger partial charge in [0.15, 0.2) is 5.58 Å². The number of rotatable bonds is 6. The van der Waals surface area contributed by atoms with Crippen molar-refractivity contribution < 1.29 is 13.6 Å². The Bertz CT molecular complexity index is 1140. The fraction of sp³-hybridized carbons (Fsp3) is 0.167. The number of fused-ring (bicyclic) bond motifs is 1. The average Bonchev–Trinajstić information content (AvgIpc) is 3.37. The van der Waals surface area contributed by atoms with E-state index in [0.717, 1.165) is 4.88 Å². The van der Waals surface area contributed by atoms with Gasteiger partial charge < -0.3 is 14.2 Å². The lowest BCUT2D eigenvalue weighted by Crippen LogP contribution is -2.25. The lowest BCUT2D eigenvalue weighted by molar-refractivity contribution is -0.121. The van der Waals surface area contributed by atoms with Crippen molar-refractivity contribution in [3.05, 3.63) is 63.2 Å². The summed E-state index contributed by atoms with van der Waals surface area (Å²) >= 11 is 7.42. The third-order valence-electron chi connectivity index (χ3n) is 3.94. The lowest BCUT2D eigenvalue weighted by Gasteiger charge is -2.04. The molecule has 0 aliphatic rings. The molecule has 0 bridgehead atoms. The predicted octanol–water partition coefficient (Wildman–Crippen LogP) is 3.67. The Balaban J connectivity index is 1.35. The predicted molar refractivity (Wildman–Crippen MR) is 102 cm³/mol. The van der Waals surface area contributed by atoms with Crippen LogP contribution in [0.5, 0.6) is 0 Å². The molecule has 4 rings (SSSR count). The maximum absolute atomic E-state index is 12.1. The van der Waals surface area contributed by atoms with Crippen molar-refractivity contribution in [3.8, 4) is 10.8 Å². The SMILES string of the molecule is O=C(CCn1c(=O)oc2cc(Cl)ccc21)NCc1coc(-c2cccs2)n1. The molecule has 3 aromatic heterocycles. The van der Waals surface area contributed by atoms with E-state index < -0.39 is 5.76 Å². The number of benzene rings is 1. The molecule has 138 valence electrons. The van der Waals surface area contributed by atoms with Crippen molar-refractivity contribution in [2.45, 2.75) is 19.5 Å². The number of hydrogen-bond donors (Lipinski definition) is 1. The fourth-order valence-corrected chi connectivity index (χ4v) is 3.46. The molecule has 9 heteroatoms. The molecular formula is C18H14ClN3O4S. The summed E-state index contributed by atoms with van der Waals surface area (Å²) in [6, 6.07) is 8.78. The third-order valence-corrected chi connectivity index (χ3v) is 5.04. The number of nitrogens with zero attached hydrogens (tertiary/aromatic N) is 2. The van der Waals surface area contributed by atoms with E-state index in [1.54, 1.807) is 18.2 Å². The number of halogens is 1. The summed E-state index contributed by atoms with van der Waals surface area (Å²) in [4.78, 5) is 29.3. The first-order chi connectivity index (χ1) is 13.1. The summed E-state index contributed by atoms with van der Waals surface area (Å²) < 4.78 is 12.0. The zero-order chi connectivity index (χ0) is 18.8. The number of thiophene rings is 1. The van der Waals surface area contributed by atoms with Crippen LogP contribution in [0.25, 0.3) is 21.9 Å². The molecule has 0 fully saturated rings. The van der Waals surface area contributed by atoms with E-state index in [-0.39, 0.29) is 25.4 Å². The van der Waals surface area contributed by atoms with E-state index in [9.17, 15) is 9.59 Å². The summed E-state index contributed by atoms with van der Waals surface area (Å²) in [7, 11) is 0.